The zero-order valence-electron chi connectivity index (χ0n) is 10.8. The smallest absolute Gasteiger partial charge is 0.109 e. The largest absolute Gasteiger partial charge is 0.395 e. The first-order valence-electron chi connectivity index (χ1n) is 6.28. The molecule has 2 rings (SSSR count). The molecule has 2 heterocycles. The number of piperidine rings is 1. The van der Waals surface area contributed by atoms with Gasteiger partial charge in [-0.2, -0.15) is 0 Å². The number of β-amino-alcohol motifs (C(OH)–C–C–N with tert-alkyl or cyclic N) is 1. The SMILES string of the molecule is Cc1cn(CCN2CC(O)C(O)[C@H](O)C2CO)nn1. The van der Waals surface area contributed by atoms with Gasteiger partial charge in [0.25, 0.3) is 0 Å². The quantitative estimate of drug-likeness (QED) is 0.473. The molecule has 0 bridgehead atoms. The van der Waals surface area contributed by atoms with Crippen molar-refractivity contribution in [1.82, 2.24) is 19.9 Å². The maximum absolute atomic E-state index is 9.83. The number of aliphatic hydroxyl groups excluding tert-OH is 4. The minimum Gasteiger partial charge on any atom is -0.395 e. The Balaban J connectivity index is 1.97. The second-order valence-electron chi connectivity index (χ2n) is 4.92. The van der Waals surface area contributed by atoms with Crippen LogP contribution in [0.15, 0.2) is 6.20 Å². The highest BCUT2D eigenvalue weighted by Crippen LogP contribution is 2.18. The Labute approximate surface area is 110 Å². The van der Waals surface area contributed by atoms with E-state index >= 15 is 0 Å². The molecule has 0 aromatic carbocycles. The molecule has 0 spiro atoms. The molecule has 108 valence electrons. The summed E-state index contributed by atoms with van der Waals surface area (Å²) in [6.07, 6.45) is -1.61. The van der Waals surface area contributed by atoms with Crippen LogP contribution >= 0.6 is 0 Å². The number of nitrogens with zero attached hydrogens (tertiary/aromatic N) is 4. The summed E-state index contributed by atoms with van der Waals surface area (Å²) in [6, 6.07) is -0.581. The van der Waals surface area contributed by atoms with E-state index < -0.39 is 24.4 Å². The van der Waals surface area contributed by atoms with Gasteiger partial charge in [-0.05, 0) is 6.92 Å². The number of likely N-dealkylation sites (tertiary alicyclic amines) is 1. The number of aliphatic hydroxyl groups is 4. The molecule has 0 amide bonds. The molecular weight excluding hydrogens is 252 g/mol. The molecule has 0 radical (unpaired) electrons. The maximum Gasteiger partial charge on any atom is 0.109 e. The summed E-state index contributed by atoms with van der Waals surface area (Å²) in [6.45, 7) is 2.80. The van der Waals surface area contributed by atoms with Crippen LogP contribution in [0.1, 0.15) is 5.69 Å². The average molecular weight is 272 g/mol. The molecule has 1 fully saturated rings. The first-order valence-corrected chi connectivity index (χ1v) is 6.28. The van der Waals surface area contributed by atoms with Crippen molar-refractivity contribution in [2.45, 2.75) is 37.8 Å². The van der Waals surface area contributed by atoms with E-state index in [9.17, 15) is 20.4 Å². The van der Waals surface area contributed by atoms with Crippen molar-refractivity contribution in [2.24, 2.45) is 0 Å². The molecule has 1 aliphatic heterocycles. The van der Waals surface area contributed by atoms with Gasteiger partial charge in [0.2, 0.25) is 0 Å². The number of aromatic nitrogens is 3. The molecule has 8 nitrogen and oxygen atoms in total. The van der Waals surface area contributed by atoms with Gasteiger partial charge in [0.15, 0.2) is 0 Å². The van der Waals surface area contributed by atoms with Gasteiger partial charge in [-0.1, -0.05) is 5.21 Å². The minimum atomic E-state index is -1.22. The van der Waals surface area contributed by atoms with Gasteiger partial charge in [-0.25, -0.2) is 0 Å². The van der Waals surface area contributed by atoms with Crippen LogP contribution in [0.4, 0.5) is 0 Å². The van der Waals surface area contributed by atoms with Crippen LogP contribution in [0.3, 0.4) is 0 Å². The molecular formula is C11H20N4O4. The highest BCUT2D eigenvalue weighted by Gasteiger charge is 2.40. The fourth-order valence-electron chi connectivity index (χ4n) is 2.37. The molecule has 3 unspecified atom stereocenters. The number of rotatable bonds is 4. The van der Waals surface area contributed by atoms with Crippen molar-refractivity contribution >= 4 is 0 Å². The molecule has 8 heteroatoms. The van der Waals surface area contributed by atoms with Crippen LogP contribution in [0.5, 0.6) is 0 Å². The van der Waals surface area contributed by atoms with Gasteiger partial charge in [0.1, 0.15) is 12.2 Å². The van der Waals surface area contributed by atoms with Gasteiger partial charge in [0.05, 0.1) is 31.0 Å². The Hall–Kier alpha value is -1.06. The number of hydrogen-bond donors (Lipinski definition) is 4. The standard InChI is InChI=1S/C11H20N4O4/c1-7-4-15(13-12-7)3-2-14-5-9(17)11(19)10(18)8(14)6-16/h4,8-11,16-19H,2-3,5-6H2,1H3/t8?,9?,10-,11?/m1/s1. The Morgan fingerprint density at radius 1 is 1.26 bits per heavy atom. The second kappa shape index (κ2) is 5.93. The number of hydrogen-bond acceptors (Lipinski definition) is 7. The molecule has 0 aliphatic carbocycles. The van der Waals surface area contributed by atoms with Crippen LogP contribution in [-0.2, 0) is 6.54 Å². The Kier molecular flexibility index (Phi) is 4.48. The van der Waals surface area contributed by atoms with Crippen molar-refractivity contribution in [3.8, 4) is 0 Å². The van der Waals surface area contributed by atoms with Crippen LogP contribution in [-0.4, -0.2) is 84.4 Å². The van der Waals surface area contributed by atoms with Crippen LogP contribution < -0.4 is 0 Å². The maximum atomic E-state index is 9.83. The third-order valence-corrected chi connectivity index (χ3v) is 3.49. The lowest BCUT2D eigenvalue weighted by molar-refractivity contribution is -0.145. The summed E-state index contributed by atoms with van der Waals surface area (Å²) in [4.78, 5) is 1.75. The van der Waals surface area contributed by atoms with E-state index in [-0.39, 0.29) is 13.2 Å². The lowest BCUT2D eigenvalue weighted by Gasteiger charge is -2.43. The summed E-state index contributed by atoms with van der Waals surface area (Å²) < 4.78 is 1.66. The zero-order chi connectivity index (χ0) is 14.0. The van der Waals surface area contributed by atoms with Crippen molar-refractivity contribution in [3.05, 3.63) is 11.9 Å². The first kappa shape index (κ1) is 14.4. The minimum absolute atomic E-state index is 0.205. The van der Waals surface area contributed by atoms with Crippen molar-refractivity contribution in [1.29, 1.82) is 0 Å². The molecule has 4 atom stereocenters. The van der Waals surface area contributed by atoms with E-state index in [0.29, 0.717) is 13.1 Å². The zero-order valence-corrected chi connectivity index (χ0v) is 10.8. The van der Waals surface area contributed by atoms with Gasteiger partial charge in [-0.15, -0.1) is 5.10 Å². The average Bonchev–Trinajstić information content (AvgIpc) is 2.79. The van der Waals surface area contributed by atoms with E-state index in [2.05, 4.69) is 10.3 Å². The molecule has 4 N–H and O–H groups in total. The van der Waals surface area contributed by atoms with Gasteiger partial charge < -0.3 is 20.4 Å². The number of aryl methyl sites for hydroxylation is 1. The van der Waals surface area contributed by atoms with Crippen LogP contribution in [0, 0.1) is 6.92 Å². The molecule has 1 aromatic rings. The second-order valence-corrected chi connectivity index (χ2v) is 4.92. The van der Waals surface area contributed by atoms with E-state index in [4.69, 9.17) is 0 Å². The first-order chi connectivity index (χ1) is 9.02. The third-order valence-electron chi connectivity index (χ3n) is 3.49. The van der Waals surface area contributed by atoms with Crippen LogP contribution in [0.2, 0.25) is 0 Å². The normalized spacial score (nSPS) is 32.7. The third kappa shape index (κ3) is 3.10. The van der Waals surface area contributed by atoms with Gasteiger partial charge >= 0.3 is 0 Å². The van der Waals surface area contributed by atoms with E-state index in [1.165, 1.54) is 0 Å². The Bertz CT molecular complexity index is 413. The lowest BCUT2D eigenvalue weighted by Crippen LogP contribution is -2.62. The van der Waals surface area contributed by atoms with E-state index in [1.54, 1.807) is 15.8 Å². The molecule has 1 aliphatic rings. The highest BCUT2D eigenvalue weighted by molar-refractivity contribution is 4.94. The molecule has 0 saturated carbocycles. The van der Waals surface area contributed by atoms with Crippen molar-refractivity contribution in [3.63, 3.8) is 0 Å². The fraction of sp³-hybridized carbons (Fsp3) is 0.818. The summed E-state index contributed by atoms with van der Waals surface area (Å²) in [5, 5.41) is 46.2. The van der Waals surface area contributed by atoms with Crippen molar-refractivity contribution < 1.29 is 20.4 Å². The summed E-state index contributed by atoms with van der Waals surface area (Å²) in [7, 11) is 0. The lowest BCUT2D eigenvalue weighted by atomic mass is 9.94. The Morgan fingerprint density at radius 3 is 2.58 bits per heavy atom. The predicted octanol–water partition coefficient (Wildman–Crippen LogP) is -2.65. The van der Waals surface area contributed by atoms with Gasteiger partial charge in [-0.3, -0.25) is 9.58 Å². The molecule has 1 saturated heterocycles. The Morgan fingerprint density at radius 2 is 2.00 bits per heavy atom. The monoisotopic (exact) mass is 272 g/mol. The van der Waals surface area contributed by atoms with Crippen molar-refractivity contribution in [2.75, 3.05) is 19.7 Å². The fourth-order valence-corrected chi connectivity index (χ4v) is 2.37. The molecule has 1 aromatic heterocycles. The predicted molar refractivity (Wildman–Crippen MR) is 65.2 cm³/mol. The summed E-state index contributed by atoms with van der Waals surface area (Å²) >= 11 is 0. The topological polar surface area (TPSA) is 115 Å². The highest BCUT2D eigenvalue weighted by atomic mass is 16.4. The van der Waals surface area contributed by atoms with Gasteiger partial charge in [0, 0.05) is 19.3 Å². The van der Waals surface area contributed by atoms with E-state index in [0.717, 1.165) is 5.69 Å². The summed E-state index contributed by atoms with van der Waals surface area (Å²) in [5.74, 6) is 0. The summed E-state index contributed by atoms with van der Waals surface area (Å²) in [5.41, 5.74) is 0.813. The van der Waals surface area contributed by atoms with E-state index in [1.807, 2.05) is 6.92 Å². The molecule has 19 heavy (non-hydrogen) atoms. The van der Waals surface area contributed by atoms with Crippen LogP contribution in [0.25, 0.3) is 0 Å².